The molecule has 2 saturated carbocycles. The van der Waals surface area contributed by atoms with Gasteiger partial charge in [-0.25, -0.2) is 0 Å². The number of rotatable bonds is 4. The summed E-state index contributed by atoms with van der Waals surface area (Å²) >= 11 is 14.0. The molecule has 3 aromatic rings. The molecule has 0 aliphatic heterocycles. The van der Waals surface area contributed by atoms with E-state index in [1.807, 2.05) is 12.1 Å². The summed E-state index contributed by atoms with van der Waals surface area (Å²) in [6.07, 6.45) is 1.98. The van der Waals surface area contributed by atoms with Gasteiger partial charge in [-0.05, 0) is 35.1 Å². The van der Waals surface area contributed by atoms with Crippen LogP contribution in [0.4, 0.5) is 0 Å². The molecule has 2 fully saturated rings. The minimum atomic E-state index is -0.270. The van der Waals surface area contributed by atoms with Crippen LogP contribution in [0.1, 0.15) is 46.9 Å². The number of alkyl halides is 2. The van der Waals surface area contributed by atoms with Gasteiger partial charge in [-0.1, -0.05) is 84.9 Å². The van der Waals surface area contributed by atoms with Crippen molar-refractivity contribution in [2.75, 3.05) is 0 Å². The van der Waals surface area contributed by atoms with Crippen molar-refractivity contribution >= 4 is 23.2 Å². The van der Waals surface area contributed by atoms with Crippen molar-refractivity contribution in [1.29, 1.82) is 0 Å². The summed E-state index contributed by atoms with van der Waals surface area (Å²) in [5, 5.41) is 0. The Morgan fingerprint density at radius 2 is 0.885 bits per heavy atom. The van der Waals surface area contributed by atoms with Crippen LogP contribution in [0.5, 0.6) is 0 Å². The molecule has 0 bridgehead atoms. The quantitative estimate of drug-likeness (QED) is 0.431. The van der Waals surface area contributed by atoms with E-state index in [4.69, 9.17) is 23.2 Å². The van der Waals surface area contributed by atoms with Gasteiger partial charge in [-0.3, -0.25) is 0 Å². The fraction of sp³-hybridized carbons (Fsp3) is 0.250. The van der Waals surface area contributed by atoms with E-state index in [1.54, 1.807) is 0 Å². The van der Waals surface area contributed by atoms with Gasteiger partial charge in [-0.15, -0.1) is 23.2 Å². The monoisotopic (exact) mass is 378 g/mol. The predicted molar refractivity (Wildman–Crippen MR) is 109 cm³/mol. The van der Waals surface area contributed by atoms with E-state index >= 15 is 0 Å². The molecule has 0 heterocycles. The van der Waals surface area contributed by atoms with Crippen LogP contribution < -0.4 is 0 Å². The van der Waals surface area contributed by atoms with Crippen LogP contribution in [0, 0.1) is 0 Å². The van der Waals surface area contributed by atoms with Crippen LogP contribution >= 0.6 is 23.2 Å². The molecule has 2 aliphatic rings. The third kappa shape index (κ3) is 2.51. The van der Waals surface area contributed by atoms with Crippen molar-refractivity contribution in [2.24, 2.45) is 0 Å². The maximum absolute atomic E-state index is 7.02. The Balaban J connectivity index is 1.47. The van der Waals surface area contributed by atoms with Gasteiger partial charge in [0.1, 0.15) is 0 Å². The van der Waals surface area contributed by atoms with Crippen LogP contribution in [0.25, 0.3) is 0 Å². The number of halogens is 2. The molecular weight excluding hydrogens is 359 g/mol. The second-order valence-corrected chi connectivity index (χ2v) is 8.95. The van der Waals surface area contributed by atoms with Gasteiger partial charge in [0, 0.05) is 11.8 Å². The molecule has 130 valence electrons. The highest BCUT2D eigenvalue weighted by Gasteiger charge is 2.59. The van der Waals surface area contributed by atoms with Crippen molar-refractivity contribution in [3.63, 3.8) is 0 Å². The Hall–Kier alpha value is -1.76. The lowest BCUT2D eigenvalue weighted by atomic mass is 9.94. The summed E-state index contributed by atoms with van der Waals surface area (Å²) in [6.45, 7) is 0. The van der Waals surface area contributed by atoms with Gasteiger partial charge in [-0.2, -0.15) is 0 Å². The first-order valence-corrected chi connectivity index (χ1v) is 9.96. The van der Waals surface area contributed by atoms with Gasteiger partial charge in [0.25, 0.3) is 0 Å². The molecule has 3 aromatic carbocycles. The van der Waals surface area contributed by atoms with E-state index in [2.05, 4.69) is 72.8 Å². The minimum absolute atomic E-state index is 0.270. The summed E-state index contributed by atoms with van der Waals surface area (Å²) < 4.78 is 0. The minimum Gasteiger partial charge on any atom is -0.113 e. The van der Waals surface area contributed by atoms with Crippen LogP contribution in [0.15, 0.2) is 84.9 Å². The second-order valence-electron chi connectivity index (χ2n) is 7.60. The highest BCUT2D eigenvalue weighted by Crippen LogP contribution is 2.68. The molecule has 2 aliphatic carbocycles. The van der Waals surface area contributed by atoms with E-state index < -0.39 is 0 Å². The molecular formula is C24H20Cl2. The van der Waals surface area contributed by atoms with Crippen molar-refractivity contribution in [3.05, 3.63) is 107 Å². The highest BCUT2D eigenvalue weighted by molar-refractivity contribution is 6.27. The smallest absolute Gasteiger partial charge is 0.0770 e. The predicted octanol–water partition coefficient (Wildman–Crippen LogP) is 6.93. The molecule has 0 spiro atoms. The maximum atomic E-state index is 7.02. The standard InChI is InChI=1S/C24H20Cl2/c25-23(17-9-3-1-4-10-17)15-21(23)19-13-7-8-14-20(19)22-16-24(22,26)18-11-5-2-6-12-18/h1-14,21-22H,15-16H2/t21-,22-,23-,24-/m0/s1. The summed E-state index contributed by atoms with van der Waals surface area (Å²) in [6, 6.07) is 29.7. The highest BCUT2D eigenvalue weighted by atomic mass is 35.5. The molecule has 4 atom stereocenters. The zero-order valence-electron chi connectivity index (χ0n) is 14.4. The Bertz CT molecular complexity index is 858. The third-order valence-corrected chi connectivity index (χ3v) is 7.31. The van der Waals surface area contributed by atoms with Crippen molar-refractivity contribution in [2.45, 2.75) is 34.4 Å². The van der Waals surface area contributed by atoms with Gasteiger partial charge < -0.3 is 0 Å². The zero-order chi connectivity index (χ0) is 17.8. The van der Waals surface area contributed by atoms with E-state index in [0.717, 1.165) is 12.8 Å². The van der Waals surface area contributed by atoms with Crippen LogP contribution in [0.3, 0.4) is 0 Å². The second kappa shape index (κ2) is 5.87. The normalized spacial score (nSPS) is 32.2. The molecule has 0 unspecified atom stereocenters. The zero-order valence-corrected chi connectivity index (χ0v) is 15.9. The lowest BCUT2D eigenvalue weighted by molar-refractivity contribution is 0.890. The average molecular weight is 379 g/mol. The van der Waals surface area contributed by atoms with E-state index in [1.165, 1.54) is 22.3 Å². The number of benzene rings is 3. The number of hydrogen-bond donors (Lipinski definition) is 0. The van der Waals surface area contributed by atoms with Crippen molar-refractivity contribution in [3.8, 4) is 0 Å². The van der Waals surface area contributed by atoms with E-state index in [-0.39, 0.29) is 9.75 Å². The Morgan fingerprint density at radius 3 is 1.27 bits per heavy atom. The lowest BCUT2D eigenvalue weighted by Gasteiger charge is -2.15. The maximum Gasteiger partial charge on any atom is 0.0770 e. The molecule has 0 amide bonds. The fourth-order valence-corrected chi connectivity index (χ4v) is 5.20. The molecule has 0 saturated heterocycles. The van der Waals surface area contributed by atoms with Gasteiger partial charge in [0.15, 0.2) is 0 Å². The van der Waals surface area contributed by atoms with Crippen molar-refractivity contribution in [1.82, 2.24) is 0 Å². The van der Waals surface area contributed by atoms with Gasteiger partial charge in [0.2, 0.25) is 0 Å². The topological polar surface area (TPSA) is 0 Å². The van der Waals surface area contributed by atoms with E-state index in [9.17, 15) is 0 Å². The van der Waals surface area contributed by atoms with Crippen LogP contribution in [-0.4, -0.2) is 0 Å². The molecule has 26 heavy (non-hydrogen) atoms. The SMILES string of the molecule is Cl[C@]1(c2ccccc2)C[C@H]1c1ccccc1[C@@H]1C[C@]1(Cl)c1ccccc1. The molecule has 0 radical (unpaired) electrons. The summed E-state index contributed by atoms with van der Waals surface area (Å²) in [5.41, 5.74) is 5.18. The van der Waals surface area contributed by atoms with Crippen LogP contribution in [-0.2, 0) is 9.75 Å². The largest absolute Gasteiger partial charge is 0.113 e. The summed E-state index contributed by atoms with van der Waals surface area (Å²) in [7, 11) is 0. The van der Waals surface area contributed by atoms with Crippen LogP contribution in [0.2, 0.25) is 0 Å². The van der Waals surface area contributed by atoms with Gasteiger partial charge >= 0.3 is 0 Å². The lowest BCUT2D eigenvalue weighted by Crippen LogP contribution is -2.04. The van der Waals surface area contributed by atoms with E-state index in [0.29, 0.717) is 11.8 Å². The first-order valence-electron chi connectivity index (χ1n) is 9.20. The molecule has 0 nitrogen and oxygen atoms in total. The fourth-order valence-electron chi connectivity index (χ4n) is 4.40. The molecule has 0 aromatic heterocycles. The first-order chi connectivity index (χ1) is 12.6. The Kier molecular flexibility index (Phi) is 3.71. The molecule has 0 N–H and O–H groups in total. The third-order valence-electron chi connectivity index (χ3n) is 6.04. The molecule has 2 heteroatoms. The summed E-state index contributed by atoms with van der Waals surface area (Å²) in [4.78, 5) is -0.540. The summed E-state index contributed by atoms with van der Waals surface area (Å²) in [5.74, 6) is 0.722. The van der Waals surface area contributed by atoms with Crippen molar-refractivity contribution < 1.29 is 0 Å². The average Bonchev–Trinajstić information content (AvgIpc) is 3.59. The molecule has 5 rings (SSSR count). The van der Waals surface area contributed by atoms with Gasteiger partial charge in [0.05, 0.1) is 9.75 Å². The Morgan fingerprint density at radius 1 is 0.538 bits per heavy atom. The Labute approximate surface area is 164 Å². The number of hydrogen-bond acceptors (Lipinski definition) is 0. The first kappa shape index (κ1) is 16.4.